The van der Waals surface area contributed by atoms with Crippen LogP contribution in [0.2, 0.25) is 0 Å². The Labute approximate surface area is 107 Å². The second kappa shape index (κ2) is 9.46. The lowest BCUT2D eigenvalue weighted by molar-refractivity contribution is -0.123. The molecule has 0 aliphatic rings. The van der Waals surface area contributed by atoms with Crippen LogP contribution < -0.4 is 11.1 Å². The van der Waals surface area contributed by atoms with Gasteiger partial charge in [0.1, 0.15) is 0 Å². The molecule has 0 rings (SSSR count). The van der Waals surface area contributed by atoms with Gasteiger partial charge in [-0.2, -0.15) is 0 Å². The fourth-order valence-corrected chi connectivity index (χ4v) is 2.01. The molecule has 0 aromatic rings. The van der Waals surface area contributed by atoms with Crippen LogP contribution in [-0.2, 0) is 4.79 Å². The van der Waals surface area contributed by atoms with Gasteiger partial charge >= 0.3 is 0 Å². The van der Waals surface area contributed by atoms with E-state index in [0.717, 1.165) is 25.7 Å². The van der Waals surface area contributed by atoms with Gasteiger partial charge < -0.3 is 11.1 Å². The summed E-state index contributed by atoms with van der Waals surface area (Å²) in [7, 11) is 0. The van der Waals surface area contributed by atoms with Crippen molar-refractivity contribution in [3.8, 4) is 0 Å². The standard InChI is InChI=1S/C14H30N2O/c1-4-7-8-9-10-11-13(17)16-14(5-2,6-3)12-15/h4-12,15H2,1-3H3,(H,16,17). The van der Waals surface area contributed by atoms with Crippen LogP contribution in [0.4, 0.5) is 0 Å². The van der Waals surface area contributed by atoms with E-state index < -0.39 is 0 Å². The molecule has 0 saturated carbocycles. The maximum absolute atomic E-state index is 11.8. The van der Waals surface area contributed by atoms with Crippen molar-refractivity contribution in [3.63, 3.8) is 0 Å². The number of amides is 1. The van der Waals surface area contributed by atoms with Gasteiger partial charge in [0.15, 0.2) is 0 Å². The van der Waals surface area contributed by atoms with E-state index in [9.17, 15) is 4.79 Å². The maximum Gasteiger partial charge on any atom is 0.220 e. The van der Waals surface area contributed by atoms with Crippen molar-refractivity contribution in [2.24, 2.45) is 5.73 Å². The number of unbranched alkanes of at least 4 members (excludes halogenated alkanes) is 4. The number of nitrogens with two attached hydrogens (primary N) is 1. The Morgan fingerprint density at radius 1 is 1.06 bits per heavy atom. The summed E-state index contributed by atoms with van der Waals surface area (Å²) in [5.74, 6) is 0.163. The third-order valence-electron chi connectivity index (χ3n) is 3.66. The van der Waals surface area contributed by atoms with Gasteiger partial charge in [-0.05, 0) is 19.3 Å². The second-order valence-corrected chi connectivity index (χ2v) is 4.90. The highest BCUT2D eigenvalue weighted by molar-refractivity contribution is 5.76. The first-order valence-corrected chi connectivity index (χ1v) is 7.15. The van der Waals surface area contributed by atoms with Gasteiger partial charge in [0.2, 0.25) is 5.91 Å². The number of nitrogens with one attached hydrogen (secondary N) is 1. The van der Waals surface area contributed by atoms with Gasteiger partial charge in [-0.15, -0.1) is 0 Å². The Bertz CT molecular complexity index is 192. The van der Waals surface area contributed by atoms with Gasteiger partial charge in [-0.25, -0.2) is 0 Å². The summed E-state index contributed by atoms with van der Waals surface area (Å²) in [6, 6.07) is 0. The zero-order valence-electron chi connectivity index (χ0n) is 11.8. The Kier molecular flexibility index (Phi) is 9.14. The van der Waals surface area contributed by atoms with Gasteiger partial charge in [0.25, 0.3) is 0 Å². The largest absolute Gasteiger partial charge is 0.349 e. The predicted octanol–water partition coefficient (Wildman–Crippen LogP) is 2.98. The molecule has 0 heterocycles. The molecule has 0 spiro atoms. The minimum absolute atomic E-state index is 0.163. The first kappa shape index (κ1) is 16.4. The minimum atomic E-state index is -0.180. The highest BCUT2D eigenvalue weighted by Gasteiger charge is 2.25. The molecule has 0 fully saturated rings. The number of carbonyl (C=O) groups is 1. The summed E-state index contributed by atoms with van der Waals surface area (Å²) in [6.07, 6.45) is 8.38. The van der Waals surface area contributed by atoms with Crippen molar-refractivity contribution in [1.82, 2.24) is 5.32 Å². The molecule has 1 amide bonds. The maximum atomic E-state index is 11.8. The number of hydrogen-bond donors (Lipinski definition) is 2. The molecular weight excluding hydrogens is 212 g/mol. The zero-order chi connectivity index (χ0) is 13.1. The lowest BCUT2D eigenvalue weighted by atomic mass is 9.92. The zero-order valence-corrected chi connectivity index (χ0v) is 11.8. The van der Waals surface area contributed by atoms with Crippen molar-refractivity contribution in [3.05, 3.63) is 0 Å². The highest BCUT2D eigenvalue weighted by Crippen LogP contribution is 2.14. The van der Waals surface area contributed by atoms with Crippen molar-refractivity contribution >= 4 is 5.91 Å². The molecule has 3 heteroatoms. The van der Waals surface area contributed by atoms with Crippen LogP contribution in [0.3, 0.4) is 0 Å². The van der Waals surface area contributed by atoms with E-state index in [1.54, 1.807) is 0 Å². The molecule has 0 aliphatic heterocycles. The smallest absolute Gasteiger partial charge is 0.220 e. The molecule has 0 aromatic heterocycles. The number of rotatable bonds is 10. The van der Waals surface area contributed by atoms with E-state index in [1.807, 2.05) is 0 Å². The fraction of sp³-hybridized carbons (Fsp3) is 0.929. The molecule has 0 unspecified atom stereocenters. The SMILES string of the molecule is CCCCCCCC(=O)NC(CC)(CC)CN. The van der Waals surface area contributed by atoms with Gasteiger partial charge in [0, 0.05) is 13.0 Å². The normalized spacial score (nSPS) is 11.5. The van der Waals surface area contributed by atoms with E-state index in [2.05, 4.69) is 26.1 Å². The van der Waals surface area contributed by atoms with Crippen LogP contribution in [0.1, 0.15) is 72.1 Å². The van der Waals surface area contributed by atoms with Crippen molar-refractivity contribution in [1.29, 1.82) is 0 Å². The van der Waals surface area contributed by atoms with Gasteiger partial charge in [-0.3, -0.25) is 4.79 Å². The third-order valence-corrected chi connectivity index (χ3v) is 3.66. The molecule has 0 saturated heterocycles. The van der Waals surface area contributed by atoms with Gasteiger partial charge in [-0.1, -0.05) is 46.5 Å². The Morgan fingerprint density at radius 2 is 1.65 bits per heavy atom. The van der Waals surface area contributed by atoms with Crippen LogP contribution in [0.15, 0.2) is 0 Å². The fourth-order valence-electron chi connectivity index (χ4n) is 2.01. The molecular formula is C14H30N2O. The summed E-state index contributed by atoms with van der Waals surface area (Å²) in [5.41, 5.74) is 5.58. The molecule has 0 aliphatic carbocycles. The predicted molar refractivity (Wildman–Crippen MR) is 73.9 cm³/mol. The molecule has 17 heavy (non-hydrogen) atoms. The topological polar surface area (TPSA) is 55.1 Å². The average molecular weight is 242 g/mol. The number of hydrogen-bond acceptors (Lipinski definition) is 2. The van der Waals surface area contributed by atoms with Crippen molar-refractivity contribution in [2.45, 2.75) is 77.7 Å². The molecule has 0 atom stereocenters. The summed E-state index contributed by atoms with van der Waals surface area (Å²) < 4.78 is 0. The highest BCUT2D eigenvalue weighted by atomic mass is 16.1. The third kappa shape index (κ3) is 6.67. The molecule has 3 nitrogen and oxygen atoms in total. The van der Waals surface area contributed by atoms with Crippen molar-refractivity contribution < 1.29 is 4.79 Å². The Balaban J connectivity index is 3.83. The van der Waals surface area contributed by atoms with Crippen LogP contribution in [0, 0.1) is 0 Å². The lowest BCUT2D eigenvalue weighted by Crippen LogP contribution is -2.52. The summed E-state index contributed by atoms with van der Waals surface area (Å²) in [6.45, 7) is 6.89. The molecule has 0 bridgehead atoms. The molecule has 3 N–H and O–H groups in total. The van der Waals surface area contributed by atoms with E-state index in [1.165, 1.54) is 19.3 Å². The molecule has 102 valence electrons. The van der Waals surface area contributed by atoms with E-state index in [4.69, 9.17) is 5.73 Å². The number of carbonyl (C=O) groups excluding carboxylic acids is 1. The van der Waals surface area contributed by atoms with Crippen LogP contribution in [-0.4, -0.2) is 18.0 Å². The van der Waals surface area contributed by atoms with E-state index >= 15 is 0 Å². The first-order valence-electron chi connectivity index (χ1n) is 7.15. The quantitative estimate of drug-likeness (QED) is 0.579. The van der Waals surface area contributed by atoms with Crippen LogP contribution in [0.25, 0.3) is 0 Å². The monoisotopic (exact) mass is 242 g/mol. The average Bonchev–Trinajstić information content (AvgIpc) is 2.36. The lowest BCUT2D eigenvalue weighted by Gasteiger charge is -2.31. The second-order valence-electron chi connectivity index (χ2n) is 4.90. The van der Waals surface area contributed by atoms with Crippen molar-refractivity contribution in [2.75, 3.05) is 6.54 Å². The minimum Gasteiger partial charge on any atom is -0.349 e. The summed E-state index contributed by atoms with van der Waals surface area (Å²) >= 11 is 0. The summed E-state index contributed by atoms with van der Waals surface area (Å²) in [5, 5.41) is 3.11. The first-order chi connectivity index (χ1) is 8.14. The summed E-state index contributed by atoms with van der Waals surface area (Å²) in [4.78, 5) is 11.8. The Morgan fingerprint density at radius 3 is 2.12 bits per heavy atom. The van der Waals surface area contributed by atoms with Crippen LogP contribution >= 0.6 is 0 Å². The Hall–Kier alpha value is -0.570. The van der Waals surface area contributed by atoms with E-state index in [0.29, 0.717) is 13.0 Å². The molecule has 0 aromatic carbocycles. The van der Waals surface area contributed by atoms with Crippen LogP contribution in [0.5, 0.6) is 0 Å². The van der Waals surface area contributed by atoms with Gasteiger partial charge in [0.05, 0.1) is 5.54 Å². The molecule has 0 radical (unpaired) electrons. The van der Waals surface area contributed by atoms with E-state index in [-0.39, 0.29) is 11.4 Å².